The van der Waals surface area contributed by atoms with E-state index in [1.807, 2.05) is 23.1 Å². The molecular weight excluding hydrogens is 328 g/mol. The molecule has 1 N–H and O–H groups in total. The lowest BCUT2D eigenvalue weighted by molar-refractivity contribution is -0.132. The summed E-state index contributed by atoms with van der Waals surface area (Å²) in [5, 5.41) is 10.8. The molecule has 1 fully saturated rings. The molecule has 1 aliphatic heterocycles. The minimum absolute atomic E-state index is 0.0920. The standard InChI is InChI=1S/C18H21ClN2O3/c19-15-5-2-1-4-14(15)12-18(23)21-9-7-20(8-10-21)13-16(22)17-6-3-11-24-17/h1-6,11,16,22H,7-10,12-13H2/t16-/m0/s1. The third-order valence-electron chi connectivity index (χ3n) is 4.33. The number of rotatable bonds is 5. The second-order valence-corrected chi connectivity index (χ2v) is 6.39. The predicted octanol–water partition coefficient (Wildman–Crippen LogP) is 2.35. The zero-order chi connectivity index (χ0) is 16.9. The lowest BCUT2D eigenvalue weighted by atomic mass is 10.1. The van der Waals surface area contributed by atoms with Crippen molar-refractivity contribution in [2.75, 3.05) is 32.7 Å². The Bertz CT molecular complexity index is 667. The van der Waals surface area contributed by atoms with Crippen molar-refractivity contribution in [3.8, 4) is 0 Å². The van der Waals surface area contributed by atoms with Crippen LogP contribution in [0.15, 0.2) is 47.1 Å². The second-order valence-electron chi connectivity index (χ2n) is 5.98. The average molecular weight is 349 g/mol. The Labute approximate surface area is 146 Å². The van der Waals surface area contributed by atoms with E-state index in [0.29, 0.717) is 36.8 Å². The van der Waals surface area contributed by atoms with Crippen molar-refractivity contribution in [3.63, 3.8) is 0 Å². The summed E-state index contributed by atoms with van der Waals surface area (Å²) in [4.78, 5) is 16.4. The highest BCUT2D eigenvalue weighted by Gasteiger charge is 2.24. The second kappa shape index (κ2) is 7.83. The topological polar surface area (TPSA) is 56.9 Å². The van der Waals surface area contributed by atoms with Crippen molar-refractivity contribution < 1.29 is 14.3 Å². The van der Waals surface area contributed by atoms with Gasteiger partial charge in [0.05, 0.1) is 12.7 Å². The van der Waals surface area contributed by atoms with Gasteiger partial charge in [-0.3, -0.25) is 9.69 Å². The molecule has 1 aromatic heterocycles. The number of halogens is 1. The molecule has 0 aliphatic carbocycles. The van der Waals surface area contributed by atoms with Gasteiger partial charge in [0, 0.05) is 37.7 Å². The number of amides is 1. The number of carbonyl (C=O) groups is 1. The van der Waals surface area contributed by atoms with Crippen LogP contribution < -0.4 is 0 Å². The van der Waals surface area contributed by atoms with E-state index >= 15 is 0 Å². The van der Waals surface area contributed by atoms with Gasteiger partial charge < -0.3 is 14.4 Å². The van der Waals surface area contributed by atoms with Crippen LogP contribution in [0, 0.1) is 0 Å². The first-order chi connectivity index (χ1) is 11.6. The molecule has 128 valence electrons. The van der Waals surface area contributed by atoms with Gasteiger partial charge in [0.2, 0.25) is 5.91 Å². The molecule has 3 rings (SSSR count). The number of piperazine rings is 1. The molecular formula is C18H21ClN2O3. The van der Waals surface area contributed by atoms with E-state index in [4.69, 9.17) is 16.0 Å². The molecule has 0 spiro atoms. The van der Waals surface area contributed by atoms with Gasteiger partial charge in [-0.1, -0.05) is 29.8 Å². The Kier molecular flexibility index (Phi) is 5.56. The summed E-state index contributed by atoms with van der Waals surface area (Å²) in [6.07, 6.45) is 1.25. The lowest BCUT2D eigenvalue weighted by Gasteiger charge is -2.35. The first-order valence-corrected chi connectivity index (χ1v) is 8.46. The van der Waals surface area contributed by atoms with Crippen molar-refractivity contribution in [1.29, 1.82) is 0 Å². The number of benzene rings is 1. The van der Waals surface area contributed by atoms with E-state index in [2.05, 4.69) is 4.90 Å². The molecule has 0 unspecified atom stereocenters. The van der Waals surface area contributed by atoms with Crippen LogP contribution in [-0.4, -0.2) is 53.5 Å². The fourth-order valence-corrected chi connectivity index (χ4v) is 3.11. The van der Waals surface area contributed by atoms with E-state index < -0.39 is 6.10 Å². The van der Waals surface area contributed by atoms with Crippen LogP contribution in [0.25, 0.3) is 0 Å². The number of nitrogens with zero attached hydrogens (tertiary/aromatic N) is 2. The van der Waals surface area contributed by atoms with Gasteiger partial charge in [0.1, 0.15) is 11.9 Å². The van der Waals surface area contributed by atoms with Crippen LogP contribution in [-0.2, 0) is 11.2 Å². The Morgan fingerprint density at radius 1 is 1.17 bits per heavy atom. The SMILES string of the molecule is O=C(Cc1ccccc1Cl)N1CCN(C[C@H](O)c2ccco2)CC1. The zero-order valence-electron chi connectivity index (χ0n) is 13.4. The highest BCUT2D eigenvalue weighted by molar-refractivity contribution is 6.31. The first kappa shape index (κ1) is 17.0. The summed E-state index contributed by atoms with van der Waals surface area (Å²) in [6, 6.07) is 11.0. The summed E-state index contributed by atoms with van der Waals surface area (Å²) < 4.78 is 5.22. The third kappa shape index (κ3) is 4.17. The number of aliphatic hydroxyl groups excluding tert-OH is 1. The molecule has 1 amide bonds. The normalized spacial score (nSPS) is 17.0. The highest BCUT2D eigenvalue weighted by Crippen LogP contribution is 2.18. The maximum absolute atomic E-state index is 12.4. The number of furan rings is 1. The highest BCUT2D eigenvalue weighted by atomic mass is 35.5. The zero-order valence-corrected chi connectivity index (χ0v) is 14.2. The number of aliphatic hydroxyl groups is 1. The Morgan fingerprint density at radius 2 is 1.92 bits per heavy atom. The molecule has 1 aromatic carbocycles. The van der Waals surface area contributed by atoms with Crippen LogP contribution >= 0.6 is 11.6 Å². The van der Waals surface area contributed by atoms with Crippen molar-refractivity contribution in [2.24, 2.45) is 0 Å². The molecule has 0 radical (unpaired) electrons. The van der Waals surface area contributed by atoms with Crippen molar-refractivity contribution >= 4 is 17.5 Å². The monoisotopic (exact) mass is 348 g/mol. The summed E-state index contributed by atoms with van der Waals surface area (Å²) in [5.74, 6) is 0.668. The van der Waals surface area contributed by atoms with Crippen molar-refractivity contribution in [1.82, 2.24) is 9.80 Å². The molecule has 2 heterocycles. The number of carbonyl (C=O) groups excluding carboxylic acids is 1. The van der Waals surface area contributed by atoms with Crippen LogP contribution in [0.1, 0.15) is 17.4 Å². The lowest BCUT2D eigenvalue weighted by Crippen LogP contribution is -2.50. The minimum Gasteiger partial charge on any atom is -0.467 e. The Hall–Kier alpha value is -1.82. The van der Waals surface area contributed by atoms with E-state index in [1.54, 1.807) is 24.5 Å². The molecule has 5 nitrogen and oxygen atoms in total. The molecule has 2 aromatic rings. The van der Waals surface area contributed by atoms with Gasteiger partial charge in [-0.25, -0.2) is 0 Å². The maximum Gasteiger partial charge on any atom is 0.227 e. The molecule has 6 heteroatoms. The van der Waals surface area contributed by atoms with Gasteiger partial charge in [-0.2, -0.15) is 0 Å². The molecule has 1 atom stereocenters. The predicted molar refractivity (Wildman–Crippen MR) is 91.8 cm³/mol. The maximum atomic E-state index is 12.4. The Balaban J connectivity index is 1.48. The van der Waals surface area contributed by atoms with Crippen LogP contribution in [0.3, 0.4) is 0 Å². The van der Waals surface area contributed by atoms with Crippen LogP contribution in [0.5, 0.6) is 0 Å². The number of β-amino-alcohol motifs (C(OH)–C–C–N with tert-alkyl or cyclic N) is 1. The minimum atomic E-state index is -0.634. The third-order valence-corrected chi connectivity index (χ3v) is 4.70. The average Bonchev–Trinajstić information content (AvgIpc) is 3.12. The van der Waals surface area contributed by atoms with E-state index in [0.717, 1.165) is 18.7 Å². The van der Waals surface area contributed by atoms with Crippen molar-refractivity contribution in [2.45, 2.75) is 12.5 Å². The fraction of sp³-hybridized carbons (Fsp3) is 0.389. The van der Waals surface area contributed by atoms with Gasteiger partial charge in [-0.15, -0.1) is 0 Å². The summed E-state index contributed by atoms with van der Waals surface area (Å²) in [7, 11) is 0. The van der Waals surface area contributed by atoms with E-state index in [-0.39, 0.29) is 5.91 Å². The van der Waals surface area contributed by atoms with E-state index in [1.165, 1.54) is 0 Å². The largest absolute Gasteiger partial charge is 0.467 e. The summed E-state index contributed by atoms with van der Waals surface area (Å²) >= 11 is 6.12. The van der Waals surface area contributed by atoms with Crippen molar-refractivity contribution in [3.05, 3.63) is 59.0 Å². The fourth-order valence-electron chi connectivity index (χ4n) is 2.91. The van der Waals surface area contributed by atoms with Gasteiger partial charge >= 0.3 is 0 Å². The molecule has 1 saturated heterocycles. The molecule has 1 aliphatic rings. The quantitative estimate of drug-likeness (QED) is 0.901. The van der Waals surface area contributed by atoms with Gasteiger partial charge in [0.25, 0.3) is 0 Å². The molecule has 24 heavy (non-hydrogen) atoms. The van der Waals surface area contributed by atoms with Gasteiger partial charge in [0.15, 0.2) is 0 Å². The summed E-state index contributed by atoms with van der Waals surface area (Å²) in [6.45, 7) is 3.32. The van der Waals surface area contributed by atoms with Gasteiger partial charge in [-0.05, 0) is 23.8 Å². The van der Waals surface area contributed by atoms with Crippen LogP contribution in [0.2, 0.25) is 5.02 Å². The van der Waals surface area contributed by atoms with E-state index in [9.17, 15) is 9.90 Å². The smallest absolute Gasteiger partial charge is 0.227 e. The number of hydrogen-bond donors (Lipinski definition) is 1. The summed E-state index contributed by atoms with van der Waals surface area (Å²) in [5.41, 5.74) is 0.861. The molecule has 0 bridgehead atoms. The molecule has 0 saturated carbocycles. The Morgan fingerprint density at radius 3 is 2.58 bits per heavy atom. The first-order valence-electron chi connectivity index (χ1n) is 8.08. The number of hydrogen-bond acceptors (Lipinski definition) is 4. The van der Waals surface area contributed by atoms with Crippen LogP contribution in [0.4, 0.5) is 0 Å².